The number of aryl methyl sites for hydroxylation is 1. The van der Waals surface area contributed by atoms with Crippen LogP contribution in [0.1, 0.15) is 5.69 Å². The second-order valence-electron chi connectivity index (χ2n) is 4.94. The number of nitrogens with zero attached hydrogens (tertiary/aromatic N) is 3. The summed E-state index contributed by atoms with van der Waals surface area (Å²) in [5, 5.41) is 7.63. The zero-order valence-electron chi connectivity index (χ0n) is 12.1. The van der Waals surface area contributed by atoms with Crippen molar-refractivity contribution in [2.75, 3.05) is 0 Å². The number of aromatic nitrogens is 3. The topological polar surface area (TPSA) is 38.7 Å². The standard InChI is InChI=1S/C16H8Cl2F3N3/c1-7-13(8-2-3-12(17)22-6-8)15(16(18)24-23-7)14-10(20)4-9(19)5-11(14)21/h2-6H,1H3. The molecule has 0 aliphatic carbocycles. The summed E-state index contributed by atoms with van der Waals surface area (Å²) in [6, 6.07) is 4.28. The zero-order valence-corrected chi connectivity index (χ0v) is 13.6. The van der Waals surface area contributed by atoms with Crippen LogP contribution in [0.4, 0.5) is 13.2 Å². The minimum absolute atomic E-state index is 0.0247. The lowest BCUT2D eigenvalue weighted by Gasteiger charge is -2.14. The third-order valence-electron chi connectivity index (χ3n) is 3.38. The summed E-state index contributed by atoms with van der Waals surface area (Å²) in [6.07, 6.45) is 1.42. The first-order chi connectivity index (χ1) is 11.4. The average Bonchev–Trinajstić information content (AvgIpc) is 2.51. The van der Waals surface area contributed by atoms with E-state index in [1.54, 1.807) is 13.0 Å². The van der Waals surface area contributed by atoms with Crippen molar-refractivity contribution in [2.45, 2.75) is 6.92 Å². The van der Waals surface area contributed by atoms with E-state index in [4.69, 9.17) is 23.2 Å². The first kappa shape index (κ1) is 16.7. The van der Waals surface area contributed by atoms with Crippen molar-refractivity contribution in [1.82, 2.24) is 15.2 Å². The van der Waals surface area contributed by atoms with Crippen molar-refractivity contribution in [3.05, 3.63) is 63.9 Å². The predicted octanol–water partition coefficient (Wildman–Crippen LogP) is 5.24. The van der Waals surface area contributed by atoms with Crippen molar-refractivity contribution in [2.24, 2.45) is 0 Å². The summed E-state index contributed by atoms with van der Waals surface area (Å²) in [5.41, 5.74) is 0.699. The molecule has 0 spiro atoms. The molecule has 2 aromatic heterocycles. The first-order valence-electron chi connectivity index (χ1n) is 6.68. The van der Waals surface area contributed by atoms with Crippen molar-refractivity contribution >= 4 is 23.2 Å². The van der Waals surface area contributed by atoms with Crippen molar-refractivity contribution in [1.29, 1.82) is 0 Å². The fourth-order valence-electron chi connectivity index (χ4n) is 2.39. The second kappa shape index (κ2) is 6.37. The lowest BCUT2D eigenvalue weighted by Crippen LogP contribution is -2.01. The van der Waals surface area contributed by atoms with Gasteiger partial charge in [-0.05, 0) is 19.1 Å². The molecule has 0 fully saturated rings. The molecule has 0 saturated carbocycles. The molecule has 0 radical (unpaired) electrons. The van der Waals surface area contributed by atoms with Crippen LogP contribution >= 0.6 is 23.2 Å². The molecule has 24 heavy (non-hydrogen) atoms. The summed E-state index contributed by atoms with van der Waals surface area (Å²) in [6.45, 7) is 1.61. The van der Waals surface area contributed by atoms with E-state index in [2.05, 4.69) is 15.2 Å². The van der Waals surface area contributed by atoms with Gasteiger partial charge in [0.15, 0.2) is 5.15 Å². The Morgan fingerprint density at radius 2 is 1.54 bits per heavy atom. The smallest absolute Gasteiger partial charge is 0.160 e. The number of pyridine rings is 1. The maximum Gasteiger partial charge on any atom is 0.160 e. The van der Waals surface area contributed by atoms with Crippen LogP contribution in [0, 0.1) is 24.4 Å². The van der Waals surface area contributed by atoms with Crippen LogP contribution in [0.5, 0.6) is 0 Å². The van der Waals surface area contributed by atoms with Gasteiger partial charge in [0, 0.05) is 35.0 Å². The van der Waals surface area contributed by atoms with Crippen LogP contribution in [0.3, 0.4) is 0 Å². The Morgan fingerprint density at radius 1 is 0.875 bits per heavy atom. The van der Waals surface area contributed by atoms with Crippen molar-refractivity contribution in [3.63, 3.8) is 0 Å². The quantitative estimate of drug-likeness (QED) is 0.580. The van der Waals surface area contributed by atoms with Gasteiger partial charge < -0.3 is 0 Å². The Labute approximate surface area is 145 Å². The SMILES string of the molecule is Cc1nnc(Cl)c(-c2c(F)cc(F)cc2F)c1-c1ccc(Cl)nc1. The van der Waals surface area contributed by atoms with Gasteiger partial charge in [-0.15, -0.1) is 5.10 Å². The number of hydrogen-bond acceptors (Lipinski definition) is 3. The number of hydrogen-bond donors (Lipinski definition) is 0. The molecule has 3 nitrogen and oxygen atoms in total. The highest BCUT2D eigenvalue weighted by atomic mass is 35.5. The lowest BCUT2D eigenvalue weighted by molar-refractivity contribution is 0.548. The molecule has 0 atom stereocenters. The van der Waals surface area contributed by atoms with E-state index in [9.17, 15) is 13.2 Å². The van der Waals surface area contributed by atoms with E-state index in [0.717, 1.165) is 0 Å². The molecule has 0 saturated heterocycles. The van der Waals surface area contributed by atoms with Gasteiger partial charge in [-0.25, -0.2) is 18.2 Å². The van der Waals surface area contributed by atoms with Crippen molar-refractivity contribution < 1.29 is 13.2 Å². The van der Waals surface area contributed by atoms with Gasteiger partial charge in [-0.1, -0.05) is 23.2 Å². The summed E-state index contributed by atoms with van der Waals surface area (Å²) in [7, 11) is 0. The number of benzene rings is 1. The van der Waals surface area contributed by atoms with E-state index in [1.165, 1.54) is 12.3 Å². The van der Waals surface area contributed by atoms with Gasteiger partial charge in [-0.3, -0.25) is 0 Å². The summed E-state index contributed by atoms with van der Waals surface area (Å²) < 4.78 is 41.7. The van der Waals surface area contributed by atoms with Crippen LogP contribution in [-0.2, 0) is 0 Å². The monoisotopic (exact) mass is 369 g/mol. The molecule has 122 valence electrons. The van der Waals surface area contributed by atoms with E-state index >= 15 is 0 Å². The Morgan fingerprint density at radius 3 is 2.12 bits per heavy atom. The van der Waals surface area contributed by atoms with Gasteiger partial charge in [0.25, 0.3) is 0 Å². The molecule has 8 heteroatoms. The van der Waals surface area contributed by atoms with Gasteiger partial charge in [-0.2, -0.15) is 5.10 Å². The fraction of sp³-hybridized carbons (Fsp3) is 0.0625. The third kappa shape index (κ3) is 2.95. The highest BCUT2D eigenvalue weighted by Gasteiger charge is 2.23. The van der Waals surface area contributed by atoms with Crippen LogP contribution in [-0.4, -0.2) is 15.2 Å². The molecule has 3 rings (SSSR count). The second-order valence-corrected chi connectivity index (χ2v) is 5.69. The molecule has 2 heterocycles. The normalized spacial score (nSPS) is 10.9. The molecular formula is C16H8Cl2F3N3. The average molecular weight is 370 g/mol. The Kier molecular flexibility index (Phi) is 4.43. The van der Waals surface area contributed by atoms with Crippen LogP contribution in [0.2, 0.25) is 10.3 Å². The fourth-order valence-corrected chi connectivity index (χ4v) is 2.73. The van der Waals surface area contributed by atoms with Gasteiger partial charge in [0.1, 0.15) is 22.6 Å². The van der Waals surface area contributed by atoms with Crippen LogP contribution < -0.4 is 0 Å². The molecule has 0 aliphatic heterocycles. The molecule has 0 amide bonds. The zero-order chi connectivity index (χ0) is 17.4. The van der Waals surface area contributed by atoms with Crippen LogP contribution in [0.25, 0.3) is 22.3 Å². The van der Waals surface area contributed by atoms with E-state index in [0.29, 0.717) is 29.0 Å². The molecule has 1 aromatic carbocycles. The molecule has 0 unspecified atom stereocenters. The van der Waals surface area contributed by atoms with E-state index in [-0.39, 0.29) is 15.9 Å². The summed E-state index contributed by atoms with van der Waals surface area (Å²) in [5.74, 6) is -3.21. The van der Waals surface area contributed by atoms with Gasteiger partial charge in [0.2, 0.25) is 0 Å². The molecule has 0 N–H and O–H groups in total. The summed E-state index contributed by atoms with van der Waals surface area (Å²) in [4.78, 5) is 3.95. The Balaban J connectivity index is 2.37. The highest BCUT2D eigenvalue weighted by Crippen LogP contribution is 2.40. The van der Waals surface area contributed by atoms with Crippen LogP contribution in [0.15, 0.2) is 30.5 Å². The Hall–Kier alpha value is -2.18. The minimum Gasteiger partial charge on any atom is -0.244 e. The predicted molar refractivity (Wildman–Crippen MR) is 85.3 cm³/mol. The summed E-state index contributed by atoms with van der Waals surface area (Å²) >= 11 is 11.8. The van der Waals surface area contributed by atoms with E-state index < -0.39 is 23.0 Å². The third-order valence-corrected chi connectivity index (χ3v) is 3.87. The van der Waals surface area contributed by atoms with Gasteiger partial charge in [0.05, 0.1) is 11.3 Å². The largest absolute Gasteiger partial charge is 0.244 e. The molecular weight excluding hydrogens is 362 g/mol. The Bertz CT molecular complexity index is 908. The minimum atomic E-state index is -1.09. The molecule has 0 bridgehead atoms. The first-order valence-corrected chi connectivity index (χ1v) is 7.43. The van der Waals surface area contributed by atoms with Crippen molar-refractivity contribution in [3.8, 4) is 22.3 Å². The maximum absolute atomic E-state index is 14.2. The molecule has 0 aliphatic rings. The lowest BCUT2D eigenvalue weighted by atomic mass is 9.95. The molecule has 3 aromatic rings. The van der Waals surface area contributed by atoms with E-state index in [1.807, 2.05) is 0 Å². The number of halogens is 5. The van der Waals surface area contributed by atoms with Gasteiger partial charge >= 0.3 is 0 Å². The highest BCUT2D eigenvalue weighted by molar-refractivity contribution is 6.33. The number of rotatable bonds is 2. The maximum atomic E-state index is 14.2.